The van der Waals surface area contributed by atoms with Gasteiger partial charge in [-0.15, -0.1) is 0 Å². The van der Waals surface area contributed by atoms with Gasteiger partial charge in [0.2, 0.25) is 0 Å². The molecule has 1 aliphatic rings. The van der Waals surface area contributed by atoms with Crippen molar-refractivity contribution in [2.45, 2.75) is 38.9 Å². The highest BCUT2D eigenvalue weighted by molar-refractivity contribution is 5.79. The molecule has 0 saturated carbocycles. The second-order valence-corrected chi connectivity index (χ2v) is 7.42. The molecule has 1 aromatic carbocycles. The fraction of sp³-hybridized carbons (Fsp3) is 0.667. The van der Waals surface area contributed by atoms with Gasteiger partial charge in [-0.05, 0) is 32.4 Å². The summed E-state index contributed by atoms with van der Waals surface area (Å²) < 4.78 is 11.4. The average Bonchev–Trinajstić information content (AvgIpc) is 2.70. The van der Waals surface area contributed by atoms with Gasteiger partial charge in [0.25, 0.3) is 0 Å². The van der Waals surface area contributed by atoms with E-state index in [-0.39, 0.29) is 6.10 Å². The van der Waals surface area contributed by atoms with E-state index in [1.54, 1.807) is 0 Å². The van der Waals surface area contributed by atoms with Crippen LogP contribution < -0.4 is 15.4 Å². The monoisotopic (exact) mass is 392 g/mol. The summed E-state index contributed by atoms with van der Waals surface area (Å²) in [5, 5.41) is 17.3. The van der Waals surface area contributed by atoms with E-state index < -0.39 is 5.60 Å². The molecular weight excluding hydrogens is 356 g/mol. The zero-order valence-corrected chi connectivity index (χ0v) is 17.5. The van der Waals surface area contributed by atoms with Gasteiger partial charge in [0.15, 0.2) is 5.96 Å². The number of guanidine groups is 1. The largest absolute Gasteiger partial charge is 0.489 e. The number of aliphatic imine (C=N–C) groups is 1. The van der Waals surface area contributed by atoms with Crippen molar-refractivity contribution in [2.24, 2.45) is 4.99 Å². The van der Waals surface area contributed by atoms with Crippen molar-refractivity contribution in [1.29, 1.82) is 0 Å². The smallest absolute Gasteiger partial charge is 0.191 e. The predicted octanol–water partition coefficient (Wildman–Crippen LogP) is 1.48. The van der Waals surface area contributed by atoms with E-state index in [4.69, 9.17) is 9.47 Å². The van der Waals surface area contributed by atoms with Gasteiger partial charge in [0, 0.05) is 26.2 Å². The maximum Gasteiger partial charge on any atom is 0.191 e. The van der Waals surface area contributed by atoms with Gasteiger partial charge in [-0.1, -0.05) is 25.1 Å². The summed E-state index contributed by atoms with van der Waals surface area (Å²) in [6, 6.07) is 9.84. The van der Waals surface area contributed by atoms with Crippen molar-refractivity contribution in [3.63, 3.8) is 0 Å². The summed E-state index contributed by atoms with van der Waals surface area (Å²) in [4.78, 5) is 6.82. The van der Waals surface area contributed by atoms with Crippen LogP contribution in [0.25, 0.3) is 0 Å². The summed E-state index contributed by atoms with van der Waals surface area (Å²) in [7, 11) is 0. The molecule has 1 fully saturated rings. The molecule has 2 atom stereocenters. The maximum absolute atomic E-state index is 10.7. The van der Waals surface area contributed by atoms with Crippen molar-refractivity contribution in [2.75, 3.05) is 52.5 Å². The predicted molar refractivity (Wildman–Crippen MR) is 113 cm³/mol. The first-order chi connectivity index (χ1) is 13.5. The Bertz CT molecular complexity index is 574. The summed E-state index contributed by atoms with van der Waals surface area (Å²) in [5.41, 5.74) is -0.885. The standard InChI is InChI=1S/C21H36N4O3/c1-4-18(28-19-9-7-6-8-10-19)15-23-20(22-5-2)24-16-21(3,26)17-25-11-13-27-14-12-25/h6-10,18,26H,4-5,11-17H2,1-3H3,(H2,22,23,24). The number of β-amino-alcohol motifs (C(OH)–C–C–N with tert-alkyl or cyclic N) is 1. The normalized spacial score (nSPS) is 18.9. The Labute approximate surface area is 169 Å². The number of benzene rings is 1. The number of aliphatic hydroxyl groups is 1. The van der Waals surface area contributed by atoms with Crippen LogP contribution in [-0.2, 0) is 4.74 Å². The van der Waals surface area contributed by atoms with Gasteiger partial charge in [-0.25, -0.2) is 0 Å². The van der Waals surface area contributed by atoms with Gasteiger partial charge in [0.1, 0.15) is 11.9 Å². The Hall–Kier alpha value is -1.83. The zero-order valence-electron chi connectivity index (χ0n) is 17.5. The molecule has 0 aromatic heterocycles. The minimum atomic E-state index is -0.885. The minimum absolute atomic E-state index is 0.0418. The third-order valence-electron chi connectivity index (χ3n) is 4.59. The lowest BCUT2D eigenvalue weighted by Gasteiger charge is -2.33. The van der Waals surface area contributed by atoms with Crippen LogP contribution in [0.1, 0.15) is 27.2 Å². The van der Waals surface area contributed by atoms with E-state index in [2.05, 4.69) is 27.4 Å². The van der Waals surface area contributed by atoms with Gasteiger partial charge in [0.05, 0.1) is 31.9 Å². The molecule has 3 N–H and O–H groups in total. The van der Waals surface area contributed by atoms with Crippen LogP contribution in [0.4, 0.5) is 0 Å². The Morgan fingerprint density at radius 3 is 2.61 bits per heavy atom. The molecule has 28 heavy (non-hydrogen) atoms. The van der Waals surface area contributed by atoms with E-state index in [0.717, 1.165) is 45.0 Å². The summed E-state index contributed by atoms with van der Waals surface area (Å²) in [6.45, 7) is 11.4. The molecule has 7 nitrogen and oxygen atoms in total. The van der Waals surface area contributed by atoms with Crippen LogP contribution in [0.15, 0.2) is 35.3 Å². The highest BCUT2D eigenvalue weighted by atomic mass is 16.5. The summed E-state index contributed by atoms with van der Waals surface area (Å²) >= 11 is 0. The molecule has 7 heteroatoms. The molecule has 158 valence electrons. The van der Waals surface area contributed by atoms with Gasteiger partial charge in [-0.2, -0.15) is 0 Å². The fourth-order valence-electron chi connectivity index (χ4n) is 3.05. The van der Waals surface area contributed by atoms with Crippen LogP contribution in [0.3, 0.4) is 0 Å². The third kappa shape index (κ3) is 8.46. The summed E-state index contributed by atoms with van der Waals surface area (Å²) in [5.74, 6) is 1.56. The van der Waals surface area contributed by atoms with Gasteiger partial charge < -0.3 is 25.2 Å². The Balaban J connectivity index is 1.85. The van der Waals surface area contributed by atoms with Crippen LogP contribution in [0.2, 0.25) is 0 Å². The molecule has 0 spiro atoms. The molecule has 1 heterocycles. The topological polar surface area (TPSA) is 78.4 Å². The van der Waals surface area contributed by atoms with Crippen LogP contribution in [-0.4, -0.2) is 80.2 Å². The molecule has 0 radical (unpaired) electrons. The molecule has 0 amide bonds. The highest BCUT2D eigenvalue weighted by Crippen LogP contribution is 2.12. The number of rotatable bonds is 10. The number of ether oxygens (including phenoxy) is 2. The number of para-hydroxylation sites is 1. The number of hydrogen-bond acceptors (Lipinski definition) is 5. The van der Waals surface area contributed by atoms with Crippen LogP contribution in [0.5, 0.6) is 5.75 Å². The minimum Gasteiger partial charge on any atom is -0.489 e. The fourth-order valence-corrected chi connectivity index (χ4v) is 3.05. The lowest BCUT2D eigenvalue weighted by molar-refractivity contribution is -0.0180. The van der Waals surface area contributed by atoms with Crippen molar-refractivity contribution in [3.8, 4) is 5.75 Å². The first-order valence-corrected chi connectivity index (χ1v) is 10.3. The lowest BCUT2D eigenvalue weighted by atomic mass is 10.1. The average molecular weight is 393 g/mol. The third-order valence-corrected chi connectivity index (χ3v) is 4.59. The van der Waals surface area contributed by atoms with Gasteiger partial charge >= 0.3 is 0 Å². The molecule has 1 aliphatic heterocycles. The number of nitrogens with zero attached hydrogens (tertiary/aromatic N) is 2. The lowest BCUT2D eigenvalue weighted by Crippen LogP contribution is -2.48. The highest BCUT2D eigenvalue weighted by Gasteiger charge is 2.25. The Morgan fingerprint density at radius 1 is 1.25 bits per heavy atom. The molecular formula is C21H36N4O3. The van der Waals surface area contributed by atoms with E-state index in [1.807, 2.05) is 44.2 Å². The van der Waals surface area contributed by atoms with Crippen molar-refractivity contribution in [1.82, 2.24) is 15.5 Å². The molecule has 2 unspecified atom stereocenters. The van der Waals surface area contributed by atoms with E-state index in [0.29, 0.717) is 25.6 Å². The van der Waals surface area contributed by atoms with E-state index in [1.165, 1.54) is 0 Å². The van der Waals surface area contributed by atoms with E-state index in [9.17, 15) is 5.11 Å². The first-order valence-electron chi connectivity index (χ1n) is 10.3. The maximum atomic E-state index is 10.7. The SMILES string of the molecule is CCNC(=NCC(C)(O)CN1CCOCC1)NCC(CC)Oc1ccccc1. The first kappa shape index (κ1) is 22.5. The second-order valence-electron chi connectivity index (χ2n) is 7.42. The molecule has 1 saturated heterocycles. The van der Waals surface area contributed by atoms with Crippen LogP contribution in [0, 0.1) is 0 Å². The van der Waals surface area contributed by atoms with Crippen molar-refractivity contribution in [3.05, 3.63) is 30.3 Å². The van der Waals surface area contributed by atoms with Crippen molar-refractivity contribution < 1.29 is 14.6 Å². The second kappa shape index (κ2) is 11.9. The van der Waals surface area contributed by atoms with Crippen molar-refractivity contribution >= 4 is 5.96 Å². The number of hydrogen-bond donors (Lipinski definition) is 3. The van der Waals surface area contributed by atoms with Crippen LogP contribution >= 0.6 is 0 Å². The molecule has 2 rings (SSSR count). The molecule has 0 bridgehead atoms. The number of morpholine rings is 1. The Morgan fingerprint density at radius 2 is 1.96 bits per heavy atom. The molecule has 0 aliphatic carbocycles. The van der Waals surface area contributed by atoms with E-state index >= 15 is 0 Å². The Kier molecular flexibility index (Phi) is 9.54. The molecule has 1 aromatic rings. The number of nitrogens with one attached hydrogen (secondary N) is 2. The quantitative estimate of drug-likeness (QED) is 0.414. The van der Waals surface area contributed by atoms with Gasteiger partial charge in [-0.3, -0.25) is 9.89 Å². The summed E-state index contributed by atoms with van der Waals surface area (Å²) in [6.07, 6.45) is 0.927. The zero-order chi connectivity index (χ0) is 20.2.